The molecule has 0 aliphatic heterocycles. The van der Waals surface area contributed by atoms with E-state index >= 15 is 0 Å². The fraction of sp³-hybridized carbons (Fsp3) is 0.357. The lowest BCUT2D eigenvalue weighted by Gasteiger charge is -2.12. The summed E-state index contributed by atoms with van der Waals surface area (Å²) in [6.07, 6.45) is 1.92. The molecule has 1 aromatic carbocycles. The first kappa shape index (κ1) is 13.1. The van der Waals surface area contributed by atoms with Crippen molar-refractivity contribution in [1.29, 1.82) is 0 Å². The number of rotatable bonds is 3. The fourth-order valence-electron chi connectivity index (χ4n) is 2.04. The van der Waals surface area contributed by atoms with Gasteiger partial charge < -0.3 is 5.32 Å². The van der Waals surface area contributed by atoms with Crippen molar-refractivity contribution >= 4 is 21.6 Å². The van der Waals surface area contributed by atoms with E-state index in [0.717, 1.165) is 16.7 Å². The summed E-state index contributed by atoms with van der Waals surface area (Å²) < 4.78 is 3.01. The van der Waals surface area contributed by atoms with Crippen LogP contribution in [0.1, 0.15) is 22.4 Å². The summed E-state index contributed by atoms with van der Waals surface area (Å²) in [7, 11) is 1.96. The predicted octanol–water partition coefficient (Wildman–Crippen LogP) is 3.72. The van der Waals surface area contributed by atoms with Gasteiger partial charge in [-0.1, -0.05) is 6.07 Å². The standard InChI is InChI=1S/C14H18BrN3/c1-9-5-10(2)14(13(15)6-9)16-7-12-8-17-18(4)11(12)3/h5-6,8,16H,7H2,1-4H3. The van der Waals surface area contributed by atoms with E-state index in [2.05, 4.69) is 59.2 Å². The van der Waals surface area contributed by atoms with E-state index in [0.29, 0.717) is 0 Å². The molecule has 18 heavy (non-hydrogen) atoms. The molecule has 2 rings (SSSR count). The number of nitrogens with one attached hydrogen (secondary N) is 1. The summed E-state index contributed by atoms with van der Waals surface area (Å²) in [5.41, 5.74) is 6.10. The van der Waals surface area contributed by atoms with E-state index in [-0.39, 0.29) is 0 Å². The molecular formula is C14H18BrN3. The first-order chi connectivity index (χ1) is 8.49. The van der Waals surface area contributed by atoms with Crippen molar-refractivity contribution in [3.8, 4) is 0 Å². The van der Waals surface area contributed by atoms with Gasteiger partial charge in [0.2, 0.25) is 0 Å². The van der Waals surface area contributed by atoms with Gasteiger partial charge >= 0.3 is 0 Å². The molecule has 0 saturated carbocycles. The number of nitrogens with zero attached hydrogens (tertiary/aromatic N) is 2. The topological polar surface area (TPSA) is 29.9 Å². The third kappa shape index (κ3) is 2.58. The quantitative estimate of drug-likeness (QED) is 0.936. The Bertz CT molecular complexity index is 549. The third-order valence-electron chi connectivity index (χ3n) is 3.22. The zero-order valence-corrected chi connectivity index (χ0v) is 12.8. The summed E-state index contributed by atoms with van der Waals surface area (Å²) in [6.45, 7) is 7.10. The van der Waals surface area contributed by atoms with Crippen molar-refractivity contribution in [2.45, 2.75) is 27.3 Å². The lowest BCUT2D eigenvalue weighted by atomic mass is 10.1. The van der Waals surface area contributed by atoms with E-state index < -0.39 is 0 Å². The Morgan fingerprint density at radius 2 is 2.00 bits per heavy atom. The predicted molar refractivity (Wildman–Crippen MR) is 78.9 cm³/mol. The molecule has 1 N–H and O–H groups in total. The zero-order valence-electron chi connectivity index (χ0n) is 11.2. The molecule has 1 heterocycles. The van der Waals surface area contributed by atoms with Gasteiger partial charge in [0.15, 0.2) is 0 Å². The minimum absolute atomic E-state index is 0.794. The highest BCUT2D eigenvalue weighted by molar-refractivity contribution is 9.10. The van der Waals surface area contributed by atoms with Crippen LogP contribution in [-0.2, 0) is 13.6 Å². The van der Waals surface area contributed by atoms with E-state index in [4.69, 9.17) is 0 Å². The van der Waals surface area contributed by atoms with Crippen LogP contribution in [0.3, 0.4) is 0 Å². The highest BCUT2D eigenvalue weighted by Crippen LogP contribution is 2.28. The molecule has 4 heteroatoms. The van der Waals surface area contributed by atoms with Gasteiger partial charge in [0.05, 0.1) is 11.9 Å². The van der Waals surface area contributed by atoms with Gasteiger partial charge in [-0.3, -0.25) is 4.68 Å². The van der Waals surface area contributed by atoms with Crippen molar-refractivity contribution in [3.63, 3.8) is 0 Å². The Kier molecular flexibility index (Phi) is 3.76. The average molecular weight is 308 g/mol. The third-order valence-corrected chi connectivity index (χ3v) is 3.85. The Hall–Kier alpha value is -1.29. The molecule has 0 radical (unpaired) electrons. The lowest BCUT2D eigenvalue weighted by Crippen LogP contribution is -2.03. The second-order valence-corrected chi connectivity index (χ2v) is 5.53. The van der Waals surface area contributed by atoms with Gasteiger partial charge in [0.1, 0.15) is 0 Å². The molecule has 0 atom stereocenters. The van der Waals surface area contributed by atoms with E-state index in [1.165, 1.54) is 22.4 Å². The van der Waals surface area contributed by atoms with Crippen molar-refractivity contribution in [2.75, 3.05) is 5.32 Å². The van der Waals surface area contributed by atoms with Gasteiger partial charge in [0.25, 0.3) is 0 Å². The molecule has 2 aromatic rings. The molecule has 1 aromatic heterocycles. The molecule has 96 valence electrons. The van der Waals surface area contributed by atoms with Gasteiger partial charge in [-0.15, -0.1) is 0 Å². The molecule has 0 saturated heterocycles. The van der Waals surface area contributed by atoms with E-state index in [1.807, 2.05) is 17.9 Å². The minimum Gasteiger partial charge on any atom is -0.380 e. The summed E-state index contributed by atoms with van der Waals surface area (Å²) in [5.74, 6) is 0. The number of aryl methyl sites for hydroxylation is 3. The molecule has 0 aliphatic carbocycles. The molecular weight excluding hydrogens is 290 g/mol. The minimum atomic E-state index is 0.794. The van der Waals surface area contributed by atoms with Crippen LogP contribution < -0.4 is 5.32 Å². The molecule has 0 bridgehead atoms. The van der Waals surface area contributed by atoms with Gasteiger partial charge in [-0.2, -0.15) is 5.10 Å². The van der Waals surface area contributed by atoms with Crippen LogP contribution in [0.5, 0.6) is 0 Å². The molecule has 0 aliphatic rings. The highest BCUT2D eigenvalue weighted by atomic mass is 79.9. The molecule has 0 fully saturated rings. The summed E-state index contributed by atoms with van der Waals surface area (Å²) in [5, 5.41) is 7.73. The maximum atomic E-state index is 4.25. The van der Waals surface area contributed by atoms with Gasteiger partial charge in [-0.25, -0.2) is 0 Å². The Morgan fingerprint density at radius 3 is 2.56 bits per heavy atom. The van der Waals surface area contributed by atoms with Crippen molar-refractivity contribution < 1.29 is 0 Å². The highest BCUT2D eigenvalue weighted by Gasteiger charge is 2.07. The van der Waals surface area contributed by atoms with Crippen LogP contribution in [0.2, 0.25) is 0 Å². The summed E-state index contributed by atoms with van der Waals surface area (Å²) in [6, 6.07) is 4.31. The second kappa shape index (κ2) is 5.14. The Balaban J connectivity index is 2.18. The summed E-state index contributed by atoms with van der Waals surface area (Å²) in [4.78, 5) is 0. The molecule has 0 spiro atoms. The van der Waals surface area contributed by atoms with Crippen LogP contribution in [-0.4, -0.2) is 9.78 Å². The Morgan fingerprint density at radius 1 is 1.28 bits per heavy atom. The maximum Gasteiger partial charge on any atom is 0.0542 e. The molecule has 0 unspecified atom stereocenters. The van der Waals surface area contributed by atoms with Crippen LogP contribution in [0.4, 0.5) is 5.69 Å². The smallest absolute Gasteiger partial charge is 0.0542 e. The van der Waals surface area contributed by atoms with Crippen LogP contribution in [0.25, 0.3) is 0 Å². The molecule has 0 amide bonds. The van der Waals surface area contributed by atoms with Gasteiger partial charge in [0, 0.05) is 29.3 Å². The van der Waals surface area contributed by atoms with Crippen LogP contribution in [0, 0.1) is 20.8 Å². The normalized spacial score (nSPS) is 10.7. The number of anilines is 1. The average Bonchev–Trinajstić information content (AvgIpc) is 2.59. The SMILES string of the molecule is Cc1cc(C)c(NCc2cnn(C)c2C)c(Br)c1. The van der Waals surface area contributed by atoms with E-state index in [1.54, 1.807) is 0 Å². The zero-order chi connectivity index (χ0) is 13.3. The van der Waals surface area contributed by atoms with Gasteiger partial charge in [-0.05, 0) is 53.9 Å². The molecule has 3 nitrogen and oxygen atoms in total. The van der Waals surface area contributed by atoms with E-state index in [9.17, 15) is 0 Å². The fourth-order valence-corrected chi connectivity index (χ4v) is 2.85. The lowest BCUT2D eigenvalue weighted by molar-refractivity contribution is 0.738. The second-order valence-electron chi connectivity index (χ2n) is 4.67. The largest absolute Gasteiger partial charge is 0.380 e. The van der Waals surface area contributed by atoms with Crippen LogP contribution >= 0.6 is 15.9 Å². The number of halogens is 1. The summed E-state index contributed by atoms with van der Waals surface area (Å²) >= 11 is 3.61. The number of hydrogen-bond donors (Lipinski definition) is 1. The number of benzene rings is 1. The Labute approximate surface area is 116 Å². The van der Waals surface area contributed by atoms with Crippen molar-refractivity contribution in [2.24, 2.45) is 7.05 Å². The van der Waals surface area contributed by atoms with Crippen molar-refractivity contribution in [3.05, 3.63) is 45.2 Å². The monoisotopic (exact) mass is 307 g/mol. The number of aromatic nitrogens is 2. The van der Waals surface area contributed by atoms with Crippen molar-refractivity contribution in [1.82, 2.24) is 9.78 Å². The van der Waals surface area contributed by atoms with Crippen LogP contribution in [0.15, 0.2) is 22.8 Å². The maximum absolute atomic E-state index is 4.25. The first-order valence-electron chi connectivity index (χ1n) is 5.97. The number of hydrogen-bond acceptors (Lipinski definition) is 2. The first-order valence-corrected chi connectivity index (χ1v) is 6.76.